The molecular formula is C9H16ClNO. The highest BCUT2D eigenvalue weighted by atomic mass is 35.5. The fraction of sp³-hybridized carbons (Fsp3) is 0.778. The molecule has 3 unspecified atom stereocenters. The molecule has 0 spiro atoms. The molecule has 12 heavy (non-hydrogen) atoms. The second-order valence-electron chi connectivity index (χ2n) is 3.39. The van der Waals surface area contributed by atoms with Gasteiger partial charge < -0.3 is 10.1 Å². The van der Waals surface area contributed by atoms with Gasteiger partial charge in [0.15, 0.2) is 0 Å². The minimum Gasteiger partial charge on any atom is -0.374 e. The van der Waals surface area contributed by atoms with Gasteiger partial charge in [-0.2, -0.15) is 0 Å². The second-order valence-corrected chi connectivity index (χ2v) is 3.93. The second kappa shape index (κ2) is 4.26. The Labute approximate surface area is 78.9 Å². The summed E-state index contributed by atoms with van der Waals surface area (Å²) < 4.78 is 5.57. The molecule has 3 heteroatoms. The fourth-order valence-corrected chi connectivity index (χ4v) is 1.63. The summed E-state index contributed by atoms with van der Waals surface area (Å²) in [4.78, 5) is 0. The Hall–Kier alpha value is -0.0500. The number of ether oxygens (including phenoxy) is 1. The first-order chi connectivity index (χ1) is 5.59. The van der Waals surface area contributed by atoms with E-state index in [-0.39, 0.29) is 6.10 Å². The lowest BCUT2D eigenvalue weighted by Crippen LogP contribution is -2.35. The largest absolute Gasteiger partial charge is 0.374 e. The van der Waals surface area contributed by atoms with Crippen molar-refractivity contribution in [2.75, 3.05) is 6.54 Å². The van der Waals surface area contributed by atoms with E-state index in [1.54, 1.807) is 0 Å². The van der Waals surface area contributed by atoms with Crippen molar-refractivity contribution in [1.82, 2.24) is 5.32 Å². The van der Waals surface area contributed by atoms with Gasteiger partial charge in [0.1, 0.15) is 0 Å². The minimum absolute atomic E-state index is 0.288. The molecule has 1 N–H and O–H groups in total. The van der Waals surface area contributed by atoms with Crippen molar-refractivity contribution in [2.24, 2.45) is 0 Å². The van der Waals surface area contributed by atoms with E-state index in [1.807, 2.05) is 0 Å². The van der Waals surface area contributed by atoms with Gasteiger partial charge in [-0.1, -0.05) is 18.2 Å². The normalized spacial score (nSPS) is 35.4. The number of hydrogen-bond donors (Lipinski definition) is 1. The van der Waals surface area contributed by atoms with Gasteiger partial charge >= 0.3 is 0 Å². The molecule has 1 fully saturated rings. The van der Waals surface area contributed by atoms with Crippen LogP contribution < -0.4 is 5.32 Å². The molecule has 3 atom stereocenters. The zero-order valence-corrected chi connectivity index (χ0v) is 8.40. The Kier molecular flexibility index (Phi) is 3.56. The summed E-state index contributed by atoms with van der Waals surface area (Å²) in [6.45, 7) is 8.47. The molecule has 1 aliphatic heterocycles. The zero-order chi connectivity index (χ0) is 9.14. The zero-order valence-electron chi connectivity index (χ0n) is 7.64. The van der Waals surface area contributed by atoms with Gasteiger partial charge in [0.05, 0.1) is 12.2 Å². The summed E-state index contributed by atoms with van der Waals surface area (Å²) in [5.74, 6) is 0. The van der Waals surface area contributed by atoms with Crippen LogP contribution in [0.4, 0.5) is 0 Å². The molecule has 0 saturated carbocycles. The predicted octanol–water partition coefficient (Wildman–Crippen LogP) is 1.89. The average molecular weight is 190 g/mol. The van der Waals surface area contributed by atoms with Gasteiger partial charge in [-0.25, -0.2) is 0 Å². The highest BCUT2D eigenvalue weighted by Crippen LogP contribution is 2.19. The van der Waals surface area contributed by atoms with Crippen molar-refractivity contribution in [1.29, 1.82) is 0 Å². The quantitative estimate of drug-likeness (QED) is 0.732. The maximum atomic E-state index is 5.64. The molecule has 1 aliphatic rings. The predicted molar refractivity (Wildman–Crippen MR) is 51.4 cm³/mol. The summed E-state index contributed by atoms with van der Waals surface area (Å²) in [5.41, 5.74) is 0. The topological polar surface area (TPSA) is 21.3 Å². The van der Waals surface area contributed by atoms with E-state index in [0.717, 1.165) is 6.42 Å². The molecular weight excluding hydrogens is 174 g/mol. The van der Waals surface area contributed by atoms with Crippen molar-refractivity contribution in [2.45, 2.75) is 38.5 Å². The lowest BCUT2D eigenvalue weighted by molar-refractivity contribution is 0.0609. The Balaban J connectivity index is 2.28. The molecule has 0 aromatic rings. The smallest absolute Gasteiger partial charge is 0.0704 e. The summed E-state index contributed by atoms with van der Waals surface area (Å²) in [6, 6.07) is 0.426. The molecule has 1 saturated heterocycles. The molecule has 1 rings (SSSR count). The van der Waals surface area contributed by atoms with Crippen LogP contribution >= 0.6 is 11.6 Å². The molecule has 0 amide bonds. The van der Waals surface area contributed by atoms with Crippen LogP contribution in [0, 0.1) is 0 Å². The SMILES string of the molecule is C=C(Cl)CNC1CC(C)OC1C. The molecule has 1 heterocycles. The number of rotatable bonds is 3. The Morgan fingerprint density at radius 2 is 2.33 bits per heavy atom. The van der Waals surface area contributed by atoms with Gasteiger partial charge in [-0.3, -0.25) is 0 Å². The highest BCUT2D eigenvalue weighted by molar-refractivity contribution is 6.29. The van der Waals surface area contributed by atoms with Crippen molar-refractivity contribution in [3.8, 4) is 0 Å². The standard InChI is InChI=1S/C9H16ClNO/c1-6(10)5-11-9-4-7(2)12-8(9)3/h7-9,11H,1,4-5H2,2-3H3. The minimum atomic E-state index is 0.288. The van der Waals surface area contributed by atoms with Crippen LogP contribution in [0.5, 0.6) is 0 Å². The van der Waals surface area contributed by atoms with Crippen molar-refractivity contribution in [3.05, 3.63) is 11.6 Å². The van der Waals surface area contributed by atoms with E-state index in [1.165, 1.54) is 0 Å². The van der Waals surface area contributed by atoms with Gasteiger partial charge in [0.25, 0.3) is 0 Å². The van der Waals surface area contributed by atoms with Gasteiger partial charge in [-0.15, -0.1) is 0 Å². The maximum absolute atomic E-state index is 5.64. The highest BCUT2D eigenvalue weighted by Gasteiger charge is 2.28. The summed E-state index contributed by atoms with van der Waals surface area (Å²) in [5, 5.41) is 3.96. The Morgan fingerprint density at radius 1 is 1.67 bits per heavy atom. The third-order valence-corrected chi connectivity index (χ3v) is 2.29. The van der Waals surface area contributed by atoms with Crippen LogP contribution in [-0.4, -0.2) is 24.8 Å². The van der Waals surface area contributed by atoms with E-state index >= 15 is 0 Å². The molecule has 2 nitrogen and oxygen atoms in total. The monoisotopic (exact) mass is 189 g/mol. The molecule has 0 aromatic carbocycles. The van der Waals surface area contributed by atoms with E-state index < -0.39 is 0 Å². The Morgan fingerprint density at radius 3 is 2.75 bits per heavy atom. The van der Waals surface area contributed by atoms with Crippen LogP contribution in [-0.2, 0) is 4.74 Å². The third kappa shape index (κ3) is 2.77. The van der Waals surface area contributed by atoms with Crippen LogP contribution in [0.1, 0.15) is 20.3 Å². The van der Waals surface area contributed by atoms with Crippen molar-refractivity contribution < 1.29 is 4.74 Å². The fourth-order valence-electron chi connectivity index (χ4n) is 1.56. The van der Waals surface area contributed by atoms with Crippen LogP contribution in [0.15, 0.2) is 11.6 Å². The van der Waals surface area contributed by atoms with Crippen molar-refractivity contribution in [3.63, 3.8) is 0 Å². The van der Waals surface area contributed by atoms with Crippen LogP contribution in [0.3, 0.4) is 0 Å². The van der Waals surface area contributed by atoms with Gasteiger partial charge in [-0.05, 0) is 20.3 Å². The van der Waals surface area contributed by atoms with E-state index in [9.17, 15) is 0 Å². The Bertz CT molecular complexity index is 172. The lowest BCUT2D eigenvalue weighted by atomic mass is 10.1. The first-order valence-electron chi connectivity index (χ1n) is 4.31. The molecule has 0 bridgehead atoms. The third-order valence-electron chi connectivity index (χ3n) is 2.16. The maximum Gasteiger partial charge on any atom is 0.0704 e. The summed E-state index contributed by atoms with van der Waals surface area (Å²) in [6.07, 6.45) is 1.71. The average Bonchev–Trinajstić information content (AvgIpc) is 2.26. The summed E-state index contributed by atoms with van der Waals surface area (Å²) >= 11 is 5.64. The molecule has 70 valence electrons. The van der Waals surface area contributed by atoms with E-state index in [2.05, 4.69) is 25.7 Å². The first-order valence-corrected chi connectivity index (χ1v) is 4.69. The first kappa shape index (κ1) is 10.0. The molecule has 0 radical (unpaired) electrons. The van der Waals surface area contributed by atoms with Gasteiger partial charge in [0.2, 0.25) is 0 Å². The van der Waals surface area contributed by atoms with E-state index in [0.29, 0.717) is 23.7 Å². The number of hydrogen-bond acceptors (Lipinski definition) is 2. The number of halogens is 1. The summed E-state index contributed by atoms with van der Waals surface area (Å²) in [7, 11) is 0. The van der Waals surface area contributed by atoms with E-state index in [4.69, 9.17) is 16.3 Å². The van der Waals surface area contributed by atoms with Gasteiger partial charge in [0, 0.05) is 17.6 Å². The molecule has 0 aromatic heterocycles. The van der Waals surface area contributed by atoms with Crippen LogP contribution in [0.2, 0.25) is 0 Å². The van der Waals surface area contributed by atoms with Crippen molar-refractivity contribution >= 4 is 11.6 Å². The lowest BCUT2D eigenvalue weighted by Gasteiger charge is -2.14. The van der Waals surface area contributed by atoms with Crippen LogP contribution in [0.25, 0.3) is 0 Å². The number of nitrogens with one attached hydrogen (secondary N) is 1. The molecule has 0 aliphatic carbocycles.